The third kappa shape index (κ3) is 26.4. The molecule has 0 bridgehead atoms. The van der Waals surface area contributed by atoms with Crippen LogP contribution in [0.1, 0.15) is 46.5 Å². The van der Waals surface area contributed by atoms with Gasteiger partial charge in [0.05, 0.1) is 0 Å². The zero-order chi connectivity index (χ0) is 8.95. The third-order valence-electron chi connectivity index (χ3n) is 1.29. The highest BCUT2D eigenvalue weighted by Gasteiger charge is 1.75. The quantitative estimate of drug-likeness (QED) is 0.417. The van der Waals surface area contributed by atoms with Crippen molar-refractivity contribution in [3.63, 3.8) is 0 Å². The fraction of sp³-hybridized carbons (Fsp3) is 0.636. The summed E-state index contributed by atoms with van der Waals surface area (Å²) in [7, 11) is 0. The second kappa shape index (κ2) is 16.2. The van der Waals surface area contributed by atoms with Crippen LogP contribution in [0.5, 0.6) is 0 Å². The largest absolute Gasteiger partial charge is 0.0991 e. The van der Waals surface area contributed by atoms with Gasteiger partial charge >= 0.3 is 0 Å². The lowest BCUT2D eigenvalue weighted by Gasteiger charge is -1.86. The highest BCUT2D eigenvalue weighted by Crippen LogP contribution is 1.95. The van der Waals surface area contributed by atoms with Gasteiger partial charge in [0.1, 0.15) is 0 Å². The molecule has 0 amide bonds. The van der Waals surface area contributed by atoms with E-state index in [1.54, 1.807) is 6.08 Å². The molecule has 0 N–H and O–H groups in total. The third-order valence-corrected chi connectivity index (χ3v) is 1.29. The summed E-state index contributed by atoms with van der Waals surface area (Å²) in [6, 6.07) is 0. The van der Waals surface area contributed by atoms with Gasteiger partial charge < -0.3 is 0 Å². The summed E-state index contributed by atoms with van der Waals surface area (Å²) in [4.78, 5) is 0. The molecule has 0 fully saturated rings. The van der Waals surface area contributed by atoms with Crippen LogP contribution in [0.3, 0.4) is 0 Å². The molecule has 0 heterocycles. The molecule has 0 spiro atoms. The van der Waals surface area contributed by atoms with Crippen LogP contribution in [-0.2, 0) is 0 Å². The van der Waals surface area contributed by atoms with Crippen molar-refractivity contribution in [3.05, 3.63) is 24.8 Å². The Kier molecular flexibility index (Phi) is 19.3. The highest BCUT2D eigenvalue weighted by atomic mass is 13.8. The van der Waals surface area contributed by atoms with Crippen LogP contribution in [0, 0.1) is 0 Å². The second-order valence-electron chi connectivity index (χ2n) is 2.47. The average Bonchev–Trinajstić information content (AvgIpc) is 2.04. The first kappa shape index (κ1) is 13.1. The zero-order valence-corrected chi connectivity index (χ0v) is 8.27. The standard InChI is InChI=1S/C6H14.C5H8/c1-3-5-6-4-2;1-3-5-4-2/h3-6H2,1-2H3;3-5H,1H2,2H3. The maximum atomic E-state index is 3.46. The summed E-state index contributed by atoms with van der Waals surface area (Å²) in [5.74, 6) is 0. The first-order valence-electron chi connectivity index (χ1n) is 4.57. The van der Waals surface area contributed by atoms with Crippen molar-refractivity contribution in [1.29, 1.82) is 0 Å². The predicted octanol–water partition coefficient (Wildman–Crippen LogP) is 4.34. The fourth-order valence-corrected chi connectivity index (χ4v) is 0.636. The van der Waals surface area contributed by atoms with E-state index in [0.29, 0.717) is 0 Å². The topological polar surface area (TPSA) is 0 Å². The van der Waals surface area contributed by atoms with Crippen LogP contribution in [0.2, 0.25) is 0 Å². The van der Waals surface area contributed by atoms with Crippen molar-refractivity contribution < 1.29 is 0 Å². The van der Waals surface area contributed by atoms with E-state index >= 15 is 0 Å². The molecule has 0 rings (SSSR count). The highest BCUT2D eigenvalue weighted by molar-refractivity contribution is 4.94. The Balaban J connectivity index is 0. The summed E-state index contributed by atoms with van der Waals surface area (Å²) >= 11 is 0. The molecule has 0 aromatic rings. The molecule has 11 heavy (non-hydrogen) atoms. The van der Waals surface area contributed by atoms with Crippen LogP contribution in [0.15, 0.2) is 24.8 Å². The summed E-state index contributed by atoms with van der Waals surface area (Å²) in [6.07, 6.45) is 11.1. The molecular formula is C11H22. The second-order valence-corrected chi connectivity index (χ2v) is 2.47. The molecule has 0 aromatic carbocycles. The summed E-state index contributed by atoms with van der Waals surface area (Å²) in [5, 5.41) is 0. The fourth-order valence-electron chi connectivity index (χ4n) is 0.636. The normalized spacial score (nSPS) is 9.00. The molecule has 0 heteroatoms. The van der Waals surface area contributed by atoms with Gasteiger partial charge in [0.2, 0.25) is 0 Å². The minimum absolute atomic E-state index is 1.36. The Morgan fingerprint density at radius 2 is 1.55 bits per heavy atom. The average molecular weight is 154 g/mol. The van der Waals surface area contributed by atoms with Gasteiger partial charge in [-0.15, -0.1) is 0 Å². The summed E-state index contributed by atoms with van der Waals surface area (Å²) in [6.45, 7) is 9.89. The van der Waals surface area contributed by atoms with Gasteiger partial charge in [0, 0.05) is 0 Å². The molecular weight excluding hydrogens is 132 g/mol. The first-order chi connectivity index (χ1) is 5.33. The van der Waals surface area contributed by atoms with Crippen molar-refractivity contribution in [1.82, 2.24) is 0 Å². The minimum Gasteiger partial charge on any atom is -0.0991 e. The van der Waals surface area contributed by atoms with Crippen molar-refractivity contribution >= 4 is 0 Å². The van der Waals surface area contributed by atoms with Gasteiger partial charge in [-0.1, -0.05) is 64.3 Å². The van der Waals surface area contributed by atoms with Crippen molar-refractivity contribution in [2.45, 2.75) is 46.5 Å². The lowest BCUT2D eigenvalue weighted by Crippen LogP contribution is -1.66. The van der Waals surface area contributed by atoms with Gasteiger partial charge in [-0.2, -0.15) is 0 Å². The van der Waals surface area contributed by atoms with E-state index < -0.39 is 0 Å². The van der Waals surface area contributed by atoms with E-state index in [-0.39, 0.29) is 0 Å². The Morgan fingerprint density at radius 1 is 1.09 bits per heavy atom. The van der Waals surface area contributed by atoms with Gasteiger partial charge in [-0.05, 0) is 6.92 Å². The lowest BCUT2D eigenvalue weighted by atomic mass is 10.2. The van der Waals surface area contributed by atoms with Crippen molar-refractivity contribution in [2.24, 2.45) is 0 Å². The van der Waals surface area contributed by atoms with E-state index in [1.165, 1.54) is 25.7 Å². The molecule has 0 saturated heterocycles. The number of hydrogen-bond donors (Lipinski definition) is 0. The van der Waals surface area contributed by atoms with E-state index in [9.17, 15) is 0 Å². The molecule has 66 valence electrons. The Morgan fingerprint density at radius 3 is 1.64 bits per heavy atom. The minimum atomic E-state index is 1.36. The summed E-state index contributed by atoms with van der Waals surface area (Å²) in [5.41, 5.74) is 0. The lowest BCUT2D eigenvalue weighted by molar-refractivity contribution is 0.702. The molecule has 0 aliphatic heterocycles. The van der Waals surface area contributed by atoms with Crippen LogP contribution >= 0.6 is 0 Å². The first-order valence-corrected chi connectivity index (χ1v) is 4.57. The molecule has 0 aromatic heterocycles. The van der Waals surface area contributed by atoms with Gasteiger partial charge in [-0.3, -0.25) is 0 Å². The number of allylic oxidation sites excluding steroid dienone is 3. The monoisotopic (exact) mass is 154 g/mol. The van der Waals surface area contributed by atoms with Gasteiger partial charge in [-0.25, -0.2) is 0 Å². The maximum Gasteiger partial charge on any atom is -0.0467 e. The molecule has 0 radical (unpaired) electrons. The van der Waals surface area contributed by atoms with Gasteiger partial charge in [0.25, 0.3) is 0 Å². The van der Waals surface area contributed by atoms with Crippen LogP contribution in [0.25, 0.3) is 0 Å². The SMILES string of the molecule is C=CC=CC.CCCCCC. The number of rotatable bonds is 4. The van der Waals surface area contributed by atoms with Gasteiger partial charge in [0.15, 0.2) is 0 Å². The molecule has 0 aliphatic rings. The van der Waals surface area contributed by atoms with E-state index in [1.807, 2.05) is 19.1 Å². The Labute approximate surface area is 72.0 Å². The van der Waals surface area contributed by atoms with E-state index in [2.05, 4.69) is 20.4 Å². The van der Waals surface area contributed by atoms with E-state index in [4.69, 9.17) is 0 Å². The van der Waals surface area contributed by atoms with Crippen molar-refractivity contribution in [3.8, 4) is 0 Å². The van der Waals surface area contributed by atoms with Crippen molar-refractivity contribution in [2.75, 3.05) is 0 Å². The number of unbranched alkanes of at least 4 members (excludes halogenated alkanes) is 3. The maximum absolute atomic E-state index is 3.46. The smallest absolute Gasteiger partial charge is 0.0467 e. The Hall–Kier alpha value is -0.520. The van der Waals surface area contributed by atoms with E-state index in [0.717, 1.165) is 0 Å². The molecule has 0 saturated carbocycles. The number of hydrogen-bond acceptors (Lipinski definition) is 0. The molecule has 0 nitrogen and oxygen atoms in total. The van der Waals surface area contributed by atoms with Crippen LogP contribution in [-0.4, -0.2) is 0 Å². The molecule has 0 atom stereocenters. The molecule has 0 aliphatic carbocycles. The zero-order valence-electron chi connectivity index (χ0n) is 8.27. The Bertz CT molecular complexity index is 76.0. The predicted molar refractivity (Wildman–Crippen MR) is 54.8 cm³/mol. The molecule has 0 unspecified atom stereocenters. The van der Waals surface area contributed by atoms with Crippen LogP contribution < -0.4 is 0 Å². The van der Waals surface area contributed by atoms with Crippen LogP contribution in [0.4, 0.5) is 0 Å². The summed E-state index contributed by atoms with van der Waals surface area (Å²) < 4.78 is 0.